The van der Waals surface area contributed by atoms with Crippen molar-refractivity contribution in [2.24, 2.45) is 0 Å². The average molecular weight is 358 g/mol. The van der Waals surface area contributed by atoms with Crippen LogP contribution in [0.15, 0.2) is 24.4 Å². The summed E-state index contributed by atoms with van der Waals surface area (Å²) in [5, 5.41) is 0. The van der Waals surface area contributed by atoms with Crippen LogP contribution >= 0.6 is 37.2 Å². The number of Topliss-reactive ketones (excluding diaryl/α,β-unsaturated/α-hetero) is 1. The Morgan fingerprint density at radius 1 is 1.23 bits per heavy atom. The molecule has 0 atom stereocenters. The van der Waals surface area contributed by atoms with Crippen molar-refractivity contribution in [2.45, 2.75) is 6.92 Å². The van der Waals surface area contributed by atoms with E-state index in [1.165, 1.54) is 6.92 Å². The van der Waals surface area contributed by atoms with Gasteiger partial charge in [-0.15, -0.1) is 37.2 Å². The van der Waals surface area contributed by atoms with Gasteiger partial charge < -0.3 is 0 Å². The monoisotopic (exact) mass is 359 g/mol. The molecule has 0 aromatic carbocycles. The third-order valence-corrected chi connectivity index (χ3v) is 1.03. The number of hydrogen-bond donors (Lipinski definition) is 0. The van der Waals surface area contributed by atoms with Gasteiger partial charge in [0.25, 0.3) is 0 Å². The first-order chi connectivity index (χ1) is 4.30. The predicted octanol–water partition coefficient (Wildman–Crippen LogP) is 2.17. The second-order valence-corrected chi connectivity index (χ2v) is 1.77. The molecule has 0 spiro atoms. The van der Waals surface area contributed by atoms with E-state index in [1.54, 1.807) is 24.4 Å². The van der Waals surface area contributed by atoms with Crippen molar-refractivity contribution < 1.29 is 4.79 Å². The molecule has 13 heavy (non-hydrogen) atoms. The van der Waals surface area contributed by atoms with Crippen LogP contribution in [-0.2, 0) is 0 Å². The molecule has 1 aromatic heterocycles. The maximum Gasteiger partial charge on any atom is 0.178 e. The summed E-state index contributed by atoms with van der Waals surface area (Å²) < 4.78 is 0. The maximum absolute atomic E-state index is 10.6. The Kier molecular flexibility index (Phi) is 22.4. The fourth-order valence-corrected chi connectivity index (χ4v) is 0.571. The van der Waals surface area contributed by atoms with Crippen LogP contribution < -0.4 is 0 Å². The zero-order chi connectivity index (χ0) is 6.69. The molecule has 1 heterocycles. The first-order valence-corrected chi connectivity index (χ1v) is 2.72. The molecule has 2 radical (unpaired) electrons. The molecule has 6 heteroatoms. The van der Waals surface area contributed by atoms with Gasteiger partial charge in [0.2, 0.25) is 0 Å². The number of carbonyl (C=O) groups excluding carboxylic acids is 1. The number of rotatable bonds is 1. The fraction of sp³-hybridized carbons (Fsp3) is 0.143. The molecule has 0 saturated carbocycles. The second-order valence-electron chi connectivity index (χ2n) is 1.77. The van der Waals surface area contributed by atoms with Crippen molar-refractivity contribution in [1.29, 1.82) is 0 Å². The first kappa shape index (κ1) is 23.4. The smallest absolute Gasteiger partial charge is 0.178 e. The van der Waals surface area contributed by atoms with E-state index in [0.29, 0.717) is 5.69 Å². The molecule has 0 saturated heterocycles. The maximum atomic E-state index is 10.6. The number of pyridine rings is 1. The number of carbonyl (C=O) groups is 1. The number of halogens is 3. The minimum absolute atomic E-state index is 0. The average Bonchev–Trinajstić information content (AvgIpc) is 1.90. The fourth-order valence-electron chi connectivity index (χ4n) is 0.571. The van der Waals surface area contributed by atoms with Gasteiger partial charge in [0.1, 0.15) is 5.69 Å². The zero-order valence-corrected chi connectivity index (χ0v) is 11.6. The van der Waals surface area contributed by atoms with Gasteiger partial charge in [0.15, 0.2) is 5.78 Å². The van der Waals surface area contributed by atoms with Crippen molar-refractivity contribution in [3.63, 3.8) is 0 Å². The Bertz CT molecular complexity index is 220. The molecule has 0 aliphatic heterocycles. The molecule has 0 amide bonds. The van der Waals surface area contributed by atoms with Crippen molar-refractivity contribution in [3.8, 4) is 0 Å². The van der Waals surface area contributed by atoms with E-state index in [1.807, 2.05) is 0 Å². The minimum atomic E-state index is 0. The van der Waals surface area contributed by atoms with Gasteiger partial charge in [-0.3, -0.25) is 9.78 Å². The van der Waals surface area contributed by atoms with E-state index in [0.717, 1.165) is 0 Å². The second kappa shape index (κ2) is 12.5. The van der Waals surface area contributed by atoms with Crippen LogP contribution in [0.2, 0.25) is 0 Å². The summed E-state index contributed by atoms with van der Waals surface area (Å²) in [5.41, 5.74) is 0.525. The summed E-state index contributed by atoms with van der Waals surface area (Å²) >= 11 is 0. The topological polar surface area (TPSA) is 30.0 Å². The summed E-state index contributed by atoms with van der Waals surface area (Å²) in [7, 11) is 0. The number of aromatic nitrogens is 1. The van der Waals surface area contributed by atoms with Crippen LogP contribution in [0.1, 0.15) is 17.4 Å². The van der Waals surface area contributed by atoms with Gasteiger partial charge in [-0.1, -0.05) is 6.07 Å². The molecule has 1 rings (SSSR count). The van der Waals surface area contributed by atoms with E-state index in [9.17, 15) is 4.79 Å². The summed E-state index contributed by atoms with van der Waals surface area (Å²) in [5.74, 6) is 0.00981. The summed E-state index contributed by atoms with van der Waals surface area (Å²) in [6.45, 7) is 1.50. The van der Waals surface area contributed by atoms with E-state index in [-0.39, 0.29) is 66.7 Å². The largest absolute Gasteiger partial charge is 0.293 e. The molecule has 0 aliphatic carbocycles. The zero-order valence-electron chi connectivity index (χ0n) is 6.80. The SMILES string of the molecule is CC(=O)c1ccccn1.Cl.Cl.Cl.[Te]. The molecular weight excluding hydrogens is 348 g/mol. The van der Waals surface area contributed by atoms with Gasteiger partial charge in [0.05, 0.1) is 0 Å². The van der Waals surface area contributed by atoms with E-state index < -0.39 is 0 Å². The van der Waals surface area contributed by atoms with Crippen LogP contribution in [-0.4, -0.2) is 34.4 Å². The number of hydrogen-bond acceptors (Lipinski definition) is 2. The molecule has 0 unspecified atom stereocenters. The summed E-state index contributed by atoms with van der Waals surface area (Å²) in [6, 6.07) is 5.28. The Morgan fingerprint density at radius 3 is 2.00 bits per heavy atom. The molecule has 0 fully saturated rings. The van der Waals surface area contributed by atoms with Crippen LogP contribution in [0, 0.1) is 0 Å². The molecule has 1 aromatic rings. The van der Waals surface area contributed by atoms with E-state index in [2.05, 4.69) is 4.98 Å². The predicted molar refractivity (Wildman–Crippen MR) is 61.7 cm³/mol. The Balaban J connectivity index is -0.000000101. The van der Waals surface area contributed by atoms with Crippen LogP contribution in [0.5, 0.6) is 0 Å². The molecular formula is C7H10Cl3NOTe. The molecule has 76 valence electrons. The first-order valence-electron chi connectivity index (χ1n) is 2.72. The van der Waals surface area contributed by atoms with Crippen LogP contribution in [0.4, 0.5) is 0 Å². The summed E-state index contributed by atoms with van der Waals surface area (Å²) in [6.07, 6.45) is 1.61. The number of nitrogens with zero attached hydrogens (tertiary/aromatic N) is 1. The van der Waals surface area contributed by atoms with Crippen molar-refractivity contribution in [2.75, 3.05) is 0 Å². The number of ketones is 1. The van der Waals surface area contributed by atoms with Crippen molar-refractivity contribution in [3.05, 3.63) is 30.1 Å². The Morgan fingerprint density at radius 2 is 1.77 bits per heavy atom. The van der Waals surface area contributed by atoms with Gasteiger partial charge in [-0.2, -0.15) is 0 Å². The quantitative estimate of drug-likeness (QED) is 0.569. The molecule has 2 nitrogen and oxygen atoms in total. The van der Waals surface area contributed by atoms with Crippen LogP contribution in [0.3, 0.4) is 0 Å². The van der Waals surface area contributed by atoms with Crippen molar-refractivity contribution in [1.82, 2.24) is 4.98 Å². The third kappa shape index (κ3) is 8.80. The van der Waals surface area contributed by atoms with Gasteiger partial charge in [-0.25, -0.2) is 0 Å². The molecule has 0 N–H and O–H groups in total. The van der Waals surface area contributed by atoms with Gasteiger partial charge in [0, 0.05) is 36.8 Å². The molecule has 0 bridgehead atoms. The summed E-state index contributed by atoms with van der Waals surface area (Å²) in [4.78, 5) is 14.4. The molecule has 0 aliphatic rings. The van der Waals surface area contributed by atoms with E-state index in [4.69, 9.17) is 0 Å². The normalized spacial score (nSPS) is 6.23. The Hall–Kier alpha value is 0.480. The van der Waals surface area contributed by atoms with Crippen LogP contribution in [0.25, 0.3) is 0 Å². The van der Waals surface area contributed by atoms with Gasteiger partial charge >= 0.3 is 0 Å². The van der Waals surface area contributed by atoms with E-state index >= 15 is 0 Å². The van der Waals surface area contributed by atoms with Gasteiger partial charge in [-0.05, 0) is 12.1 Å². The Labute approximate surface area is 113 Å². The standard InChI is InChI=1S/C7H7NO.3ClH.Te/c1-6(9)7-4-2-3-5-8-7;;;;/h2-5H,1H3;3*1H;. The van der Waals surface area contributed by atoms with Crippen molar-refractivity contribution >= 4 is 66.7 Å². The minimum Gasteiger partial charge on any atom is -0.293 e. The third-order valence-electron chi connectivity index (χ3n) is 1.03.